The summed E-state index contributed by atoms with van der Waals surface area (Å²) in [6, 6.07) is 0.0814. The van der Waals surface area contributed by atoms with Crippen LogP contribution < -0.4 is 10.0 Å². The van der Waals surface area contributed by atoms with Crippen LogP contribution in [0.4, 0.5) is 0 Å². The minimum Gasteiger partial charge on any atom is -0.477 e. The minimum absolute atomic E-state index is 0.120. The number of hydrogen-bond acceptors (Lipinski definition) is 5. The van der Waals surface area contributed by atoms with Gasteiger partial charge in [-0.3, -0.25) is 4.79 Å². The molecule has 0 radical (unpaired) electrons. The molecule has 1 rings (SSSR count). The molecule has 20 heavy (non-hydrogen) atoms. The molecule has 1 aromatic heterocycles. The van der Waals surface area contributed by atoms with E-state index in [1.165, 1.54) is 18.4 Å². The van der Waals surface area contributed by atoms with Crippen molar-refractivity contribution in [2.75, 3.05) is 0 Å². The van der Waals surface area contributed by atoms with Crippen LogP contribution in [0, 0.1) is 0 Å². The smallest absolute Gasteiger partial charge is 0.347 e. The summed E-state index contributed by atoms with van der Waals surface area (Å²) in [4.78, 5) is 22.0. The van der Waals surface area contributed by atoms with Crippen molar-refractivity contribution in [1.82, 2.24) is 10.0 Å². The number of amides is 1. The van der Waals surface area contributed by atoms with Crippen molar-refractivity contribution in [2.24, 2.45) is 0 Å². The molecular formula is C11H16N2O5S2. The Labute approximate surface area is 121 Å². The zero-order valence-corrected chi connectivity index (χ0v) is 12.8. The molecule has 0 spiro atoms. The highest BCUT2D eigenvalue weighted by molar-refractivity contribution is 7.89. The Hall–Kier alpha value is -1.45. The summed E-state index contributed by atoms with van der Waals surface area (Å²) in [5.41, 5.74) is 0. The Morgan fingerprint density at radius 3 is 2.40 bits per heavy atom. The van der Waals surface area contributed by atoms with E-state index >= 15 is 0 Å². The van der Waals surface area contributed by atoms with Gasteiger partial charge in [0.15, 0.2) is 0 Å². The number of aromatic carboxylic acids is 1. The van der Waals surface area contributed by atoms with Gasteiger partial charge in [0.2, 0.25) is 15.9 Å². The first-order valence-electron chi connectivity index (χ1n) is 5.78. The van der Waals surface area contributed by atoms with Gasteiger partial charge in [-0.05, 0) is 32.2 Å². The first-order valence-corrected chi connectivity index (χ1v) is 8.15. The Bertz CT molecular complexity index is 606. The molecule has 1 atom stereocenters. The third kappa shape index (κ3) is 4.02. The summed E-state index contributed by atoms with van der Waals surface area (Å²) in [5, 5.41) is 12.9. The summed E-state index contributed by atoms with van der Waals surface area (Å²) in [6.07, 6.45) is 0. The molecule has 0 aliphatic heterocycles. The third-order valence-corrected chi connectivity index (χ3v) is 4.88. The highest BCUT2D eigenvalue weighted by Crippen LogP contribution is 2.21. The molecule has 112 valence electrons. The van der Waals surface area contributed by atoms with Crippen LogP contribution in [0.3, 0.4) is 0 Å². The summed E-state index contributed by atoms with van der Waals surface area (Å²) in [6.45, 7) is 4.89. The molecule has 1 amide bonds. The minimum atomic E-state index is -4.05. The van der Waals surface area contributed by atoms with Crippen LogP contribution in [0.5, 0.6) is 0 Å². The zero-order valence-electron chi connectivity index (χ0n) is 11.2. The second-order valence-electron chi connectivity index (χ2n) is 4.43. The van der Waals surface area contributed by atoms with Crippen LogP contribution in [0.15, 0.2) is 16.3 Å². The van der Waals surface area contributed by atoms with Gasteiger partial charge < -0.3 is 10.4 Å². The molecule has 0 aliphatic rings. The van der Waals surface area contributed by atoms with E-state index in [2.05, 4.69) is 10.0 Å². The van der Waals surface area contributed by atoms with E-state index in [1.54, 1.807) is 13.8 Å². The van der Waals surface area contributed by atoms with Crippen LogP contribution >= 0.6 is 11.3 Å². The van der Waals surface area contributed by atoms with Crippen molar-refractivity contribution in [3.8, 4) is 0 Å². The largest absolute Gasteiger partial charge is 0.477 e. The quantitative estimate of drug-likeness (QED) is 0.712. The number of hydrogen-bond donors (Lipinski definition) is 3. The molecule has 1 heterocycles. The number of rotatable bonds is 6. The molecule has 0 aromatic carbocycles. The van der Waals surface area contributed by atoms with Gasteiger partial charge in [0.05, 0.1) is 6.04 Å². The van der Waals surface area contributed by atoms with Gasteiger partial charge >= 0.3 is 5.97 Å². The van der Waals surface area contributed by atoms with Gasteiger partial charge in [-0.15, -0.1) is 11.3 Å². The molecule has 1 unspecified atom stereocenters. The van der Waals surface area contributed by atoms with Crippen LogP contribution in [0.25, 0.3) is 0 Å². The lowest BCUT2D eigenvalue weighted by molar-refractivity contribution is -0.122. The molecular weight excluding hydrogens is 304 g/mol. The van der Waals surface area contributed by atoms with Gasteiger partial charge in [0, 0.05) is 6.04 Å². The molecule has 0 bridgehead atoms. The van der Waals surface area contributed by atoms with E-state index in [9.17, 15) is 18.0 Å². The highest BCUT2D eigenvalue weighted by atomic mass is 32.2. The predicted octanol–water partition coefficient (Wildman–Crippen LogP) is 0.638. The maximum atomic E-state index is 12.1. The van der Waals surface area contributed by atoms with E-state index in [-0.39, 0.29) is 15.8 Å². The van der Waals surface area contributed by atoms with Crippen molar-refractivity contribution in [2.45, 2.75) is 37.8 Å². The van der Waals surface area contributed by atoms with Gasteiger partial charge in [0.25, 0.3) is 0 Å². The average molecular weight is 320 g/mol. The maximum absolute atomic E-state index is 12.1. The normalized spacial score (nSPS) is 13.2. The fourth-order valence-electron chi connectivity index (χ4n) is 1.42. The lowest BCUT2D eigenvalue weighted by Gasteiger charge is -2.16. The second kappa shape index (κ2) is 6.33. The van der Waals surface area contributed by atoms with Gasteiger partial charge in [-0.25, -0.2) is 13.2 Å². The van der Waals surface area contributed by atoms with Crippen molar-refractivity contribution < 1.29 is 23.1 Å². The Kier molecular flexibility index (Phi) is 5.26. The number of carbonyl (C=O) groups excluding carboxylic acids is 1. The first-order chi connectivity index (χ1) is 9.15. The standard InChI is InChI=1S/C11H16N2O5S2/c1-6(2)12-10(14)7(3)13-20(17,18)8-4-5-19-9(8)11(15)16/h4-7,13H,1-3H3,(H,12,14)(H,15,16). The summed E-state index contributed by atoms with van der Waals surface area (Å²) in [7, 11) is -4.05. The first kappa shape index (κ1) is 16.6. The number of carbonyl (C=O) groups is 2. The van der Waals surface area contributed by atoms with Crippen LogP contribution in [0.1, 0.15) is 30.4 Å². The monoisotopic (exact) mass is 320 g/mol. The lowest BCUT2D eigenvalue weighted by Crippen LogP contribution is -2.46. The molecule has 3 N–H and O–H groups in total. The molecule has 0 fully saturated rings. The predicted molar refractivity (Wildman–Crippen MR) is 74.3 cm³/mol. The van der Waals surface area contributed by atoms with Crippen LogP contribution in [0.2, 0.25) is 0 Å². The molecule has 0 saturated carbocycles. The molecule has 0 aliphatic carbocycles. The van der Waals surface area contributed by atoms with E-state index in [0.717, 1.165) is 11.3 Å². The van der Waals surface area contributed by atoms with Crippen molar-refractivity contribution in [1.29, 1.82) is 0 Å². The number of thiophene rings is 1. The van der Waals surface area contributed by atoms with Crippen molar-refractivity contribution >= 4 is 33.2 Å². The number of carboxylic acid groups (broad SMARTS) is 1. The Morgan fingerprint density at radius 1 is 1.30 bits per heavy atom. The van der Waals surface area contributed by atoms with Crippen molar-refractivity contribution in [3.05, 3.63) is 16.3 Å². The van der Waals surface area contributed by atoms with Crippen LogP contribution in [-0.4, -0.2) is 37.5 Å². The second-order valence-corrected chi connectivity index (χ2v) is 7.02. The van der Waals surface area contributed by atoms with Gasteiger partial charge in [-0.2, -0.15) is 4.72 Å². The van der Waals surface area contributed by atoms with E-state index in [0.29, 0.717) is 0 Å². The maximum Gasteiger partial charge on any atom is 0.347 e. The summed E-state index contributed by atoms with van der Waals surface area (Å²) < 4.78 is 26.3. The Balaban J connectivity index is 2.93. The van der Waals surface area contributed by atoms with E-state index in [1.807, 2.05) is 0 Å². The van der Waals surface area contributed by atoms with E-state index < -0.39 is 27.9 Å². The third-order valence-electron chi connectivity index (χ3n) is 2.27. The van der Waals surface area contributed by atoms with E-state index in [4.69, 9.17) is 5.11 Å². The topological polar surface area (TPSA) is 113 Å². The van der Waals surface area contributed by atoms with Crippen LogP contribution in [-0.2, 0) is 14.8 Å². The Morgan fingerprint density at radius 2 is 1.90 bits per heavy atom. The van der Waals surface area contributed by atoms with Gasteiger partial charge in [0.1, 0.15) is 9.77 Å². The molecule has 0 saturated heterocycles. The lowest BCUT2D eigenvalue weighted by atomic mass is 10.3. The molecule has 7 nitrogen and oxygen atoms in total. The average Bonchev–Trinajstić information content (AvgIpc) is 2.76. The van der Waals surface area contributed by atoms with Crippen molar-refractivity contribution in [3.63, 3.8) is 0 Å². The SMILES string of the molecule is CC(C)NC(=O)C(C)NS(=O)(=O)c1ccsc1C(=O)O. The molecule has 1 aromatic rings. The number of sulfonamides is 1. The zero-order chi connectivity index (χ0) is 15.5. The molecule has 9 heteroatoms. The summed E-state index contributed by atoms with van der Waals surface area (Å²) >= 11 is 0.811. The highest BCUT2D eigenvalue weighted by Gasteiger charge is 2.27. The number of carboxylic acids is 1. The van der Waals surface area contributed by atoms with Gasteiger partial charge in [-0.1, -0.05) is 0 Å². The fourth-order valence-corrected chi connectivity index (χ4v) is 3.89. The summed E-state index contributed by atoms with van der Waals surface area (Å²) in [5.74, 6) is -1.80. The number of nitrogens with one attached hydrogen (secondary N) is 2. The fraction of sp³-hybridized carbons (Fsp3) is 0.455.